The number of benzene rings is 2. The fraction of sp³-hybridized carbons (Fsp3) is 0.143. The van der Waals surface area contributed by atoms with Crippen LogP contribution in [-0.4, -0.2) is 26.7 Å². The van der Waals surface area contributed by atoms with E-state index in [4.69, 9.17) is 5.11 Å². The second-order valence-electron chi connectivity index (χ2n) is 4.48. The van der Waals surface area contributed by atoms with E-state index in [0.29, 0.717) is 16.4 Å². The molecule has 0 heterocycles. The molecule has 0 spiro atoms. The fourth-order valence-corrected chi connectivity index (χ4v) is 3.39. The van der Waals surface area contributed by atoms with Crippen LogP contribution in [-0.2, 0) is 10.0 Å². The van der Waals surface area contributed by atoms with Gasteiger partial charge in [0.05, 0.1) is 23.7 Å². The zero-order valence-corrected chi connectivity index (χ0v) is 12.3. The zero-order chi connectivity index (χ0) is 17.2. The molecule has 4 nitrogen and oxygen atoms in total. The average molecular weight is 349 g/mol. The highest BCUT2D eigenvalue weighted by Crippen LogP contribution is 2.26. The van der Waals surface area contributed by atoms with Crippen LogP contribution in [0, 0.1) is 23.3 Å². The quantitative estimate of drug-likeness (QED) is 0.666. The van der Waals surface area contributed by atoms with Crippen LogP contribution in [0.15, 0.2) is 41.3 Å². The molecule has 0 aromatic heterocycles. The Hall–Kier alpha value is -2.13. The third-order valence-corrected chi connectivity index (χ3v) is 4.75. The molecular weight excluding hydrogens is 338 g/mol. The summed E-state index contributed by atoms with van der Waals surface area (Å²) in [5.74, 6) is -5.89. The molecule has 1 N–H and O–H groups in total. The van der Waals surface area contributed by atoms with Gasteiger partial charge in [0.2, 0.25) is 0 Å². The van der Waals surface area contributed by atoms with Gasteiger partial charge in [-0.15, -0.1) is 0 Å². The van der Waals surface area contributed by atoms with Crippen LogP contribution in [0.4, 0.5) is 23.2 Å². The number of halogens is 4. The van der Waals surface area contributed by atoms with Crippen molar-refractivity contribution < 1.29 is 31.1 Å². The van der Waals surface area contributed by atoms with E-state index in [1.807, 2.05) is 0 Å². The number of anilines is 1. The molecule has 124 valence electrons. The maximum absolute atomic E-state index is 13.3. The molecule has 2 aromatic rings. The molecule has 0 radical (unpaired) electrons. The van der Waals surface area contributed by atoms with Gasteiger partial charge in [0.15, 0.2) is 17.5 Å². The van der Waals surface area contributed by atoms with E-state index in [1.165, 1.54) is 12.1 Å². The summed E-state index contributed by atoms with van der Waals surface area (Å²) in [5, 5.41) is 9.02. The van der Waals surface area contributed by atoms with E-state index in [1.54, 1.807) is 0 Å². The minimum Gasteiger partial charge on any atom is -0.394 e. The van der Waals surface area contributed by atoms with Crippen molar-refractivity contribution in [2.45, 2.75) is 4.90 Å². The Kier molecular flexibility index (Phi) is 4.90. The van der Waals surface area contributed by atoms with Crippen molar-refractivity contribution in [1.29, 1.82) is 0 Å². The summed E-state index contributed by atoms with van der Waals surface area (Å²) in [5.41, 5.74) is -0.149. The smallest absolute Gasteiger partial charge is 0.264 e. The van der Waals surface area contributed by atoms with Gasteiger partial charge in [0.1, 0.15) is 5.82 Å². The van der Waals surface area contributed by atoms with Crippen molar-refractivity contribution in [3.8, 4) is 0 Å². The van der Waals surface area contributed by atoms with Crippen LogP contribution in [0.2, 0.25) is 0 Å². The molecule has 0 saturated heterocycles. The Labute approximate surface area is 129 Å². The van der Waals surface area contributed by atoms with E-state index >= 15 is 0 Å². The SMILES string of the molecule is O=S(=O)(c1cc(F)c(F)c(F)c1)N(CCO)c1cccc(F)c1. The number of nitrogens with zero attached hydrogens (tertiary/aromatic N) is 1. The van der Waals surface area contributed by atoms with Crippen molar-refractivity contribution in [3.05, 3.63) is 59.7 Å². The molecule has 0 aliphatic carbocycles. The predicted molar refractivity (Wildman–Crippen MR) is 74.3 cm³/mol. The Balaban J connectivity index is 2.58. The van der Waals surface area contributed by atoms with Crippen LogP contribution in [0.1, 0.15) is 0 Å². The van der Waals surface area contributed by atoms with E-state index in [-0.39, 0.29) is 5.69 Å². The number of rotatable bonds is 5. The Bertz CT molecular complexity index is 804. The Morgan fingerprint density at radius 2 is 1.61 bits per heavy atom. The van der Waals surface area contributed by atoms with Crippen molar-refractivity contribution in [3.63, 3.8) is 0 Å². The molecule has 0 atom stereocenters. The van der Waals surface area contributed by atoms with E-state index in [0.717, 1.165) is 12.1 Å². The van der Waals surface area contributed by atoms with Crippen LogP contribution in [0.25, 0.3) is 0 Å². The summed E-state index contributed by atoms with van der Waals surface area (Å²) >= 11 is 0. The second-order valence-corrected chi connectivity index (χ2v) is 6.34. The highest BCUT2D eigenvalue weighted by Gasteiger charge is 2.27. The van der Waals surface area contributed by atoms with E-state index in [2.05, 4.69) is 0 Å². The summed E-state index contributed by atoms with van der Waals surface area (Å²) in [7, 11) is -4.53. The molecule has 0 fully saturated rings. The van der Waals surface area contributed by atoms with Crippen molar-refractivity contribution in [2.24, 2.45) is 0 Å². The Morgan fingerprint density at radius 1 is 1.00 bits per heavy atom. The molecule has 0 aliphatic rings. The maximum Gasteiger partial charge on any atom is 0.264 e. The lowest BCUT2D eigenvalue weighted by Crippen LogP contribution is -2.34. The molecule has 0 bridgehead atoms. The molecule has 0 saturated carbocycles. The highest BCUT2D eigenvalue weighted by atomic mass is 32.2. The average Bonchev–Trinajstić information content (AvgIpc) is 2.49. The largest absolute Gasteiger partial charge is 0.394 e. The van der Waals surface area contributed by atoms with Gasteiger partial charge < -0.3 is 5.11 Å². The number of aliphatic hydroxyl groups is 1. The third-order valence-electron chi connectivity index (χ3n) is 2.94. The molecule has 0 unspecified atom stereocenters. The van der Waals surface area contributed by atoms with Gasteiger partial charge in [-0.3, -0.25) is 4.31 Å². The van der Waals surface area contributed by atoms with E-state index in [9.17, 15) is 26.0 Å². The Morgan fingerprint density at radius 3 is 2.13 bits per heavy atom. The first-order valence-corrected chi connectivity index (χ1v) is 7.75. The predicted octanol–water partition coefficient (Wildman–Crippen LogP) is 2.43. The number of sulfonamides is 1. The van der Waals surface area contributed by atoms with Gasteiger partial charge in [0, 0.05) is 0 Å². The van der Waals surface area contributed by atoms with Crippen LogP contribution in [0.3, 0.4) is 0 Å². The first kappa shape index (κ1) is 17.2. The summed E-state index contributed by atoms with van der Waals surface area (Å²) in [6.07, 6.45) is 0. The standard InChI is InChI=1S/C14H11F4NO3S/c15-9-2-1-3-10(6-9)19(4-5-20)23(21,22)11-7-12(16)14(18)13(17)8-11/h1-3,6-8,20H,4-5H2. The number of hydrogen-bond acceptors (Lipinski definition) is 3. The monoisotopic (exact) mass is 349 g/mol. The third kappa shape index (κ3) is 3.45. The minimum absolute atomic E-state index is 0.149. The molecule has 23 heavy (non-hydrogen) atoms. The van der Waals surface area contributed by atoms with Gasteiger partial charge in [-0.2, -0.15) is 0 Å². The lowest BCUT2D eigenvalue weighted by molar-refractivity contribution is 0.306. The van der Waals surface area contributed by atoms with Crippen LogP contribution < -0.4 is 4.31 Å². The molecule has 9 heteroatoms. The molecular formula is C14H11F4NO3S. The van der Waals surface area contributed by atoms with Gasteiger partial charge in [-0.25, -0.2) is 26.0 Å². The normalized spacial score (nSPS) is 11.5. The van der Waals surface area contributed by atoms with Crippen molar-refractivity contribution >= 4 is 15.7 Å². The summed E-state index contributed by atoms with van der Waals surface area (Å²) in [6.45, 7) is -1.10. The molecule has 0 aliphatic heterocycles. The molecule has 0 amide bonds. The van der Waals surface area contributed by atoms with Crippen molar-refractivity contribution in [1.82, 2.24) is 0 Å². The zero-order valence-electron chi connectivity index (χ0n) is 11.5. The first-order valence-electron chi connectivity index (χ1n) is 6.31. The number of aliphatic hydroxyl groups excluding tert-OH is 1. The summed E-state index contributed by atoms with van der Waals surface area (Å²) < 4.78 is 78.4. The number of hydrogen-bond donors (Lipinski definition) is 1. The molecule has 2 aromatic carbocycles. The van der Waals surface area contributed by atoms with Gasteiger partial charge in [-0.05, 0) is 30.3 Å². The lowest BCUT2D eigenvalue weighted by atomic mass is 10.3. The minimum atomic E-state index is -4.53. The molecule has 2 rings (SSSR count). The topological polar surface area (TPSA) is 57.6 Å². The maximum atomic E-state index is 13.3. The van der Waals surface area contributed by atoms with E-state index < -0.39 is 51.3 Å². The summed E-state index contributed by atoms with van der Waals surface area (Å²) in [6, 6.07) is 5.06. The van der Waals surface area contributed by atoms with Gasteiger partial charge in [0.25, 0.3) is 10.0 Å². The fourth-order valence-electron chi connectivity index (χ4n) is 1.92. The van der Waals surface area contributed by atoms with Gasteiger partial charge >= 0.3 is 0 Å². The first-order chi connectivity index (χ1) is 10.8. The van der Waals surface area contributed by atoms with Crippen LogP contribution in [0.5, 0.6) is 0 Å². The highest BCUT2D eigenvalue weighted by molar-refractivity contribution is 7.92. The second kappa shape index (κ2) is 6.55. The van der Waals surface area contributed by atoms with Gasteiger partial charge in [-0.1, -0.05) is 6.07 Å². The van der Waals surface area contributed by atoms with Crippen LogP contribution >= 0.6 is 0 Å². The van der Waals surface area contributed by atoms with Crippen molar-refractivity contribution in [2.75, 3.05) is 17.5 Å². The lowest BCUT2D eigenvalue weighted by Gasteiger charge is -2.23. The summed E-state index contributed by atoms with van der Waals surface area (Å²) in [4.78, 5) is -0.855.